The molecule has 130 valence electrons. The highest BCUT2D eigenvalue weighted by atomic mass is 32.1. The average molecular weight is 348 g/mol. The van der Waals surface area contributed by atoms with E-state index in [0.29, 0.717) is 12.3 Å². The molecule has 0 radical (unpaired) electrons. The lowest BCUT2D eigenvalue weighted by Crippen LogP contribution is -2.42. The van der Waals surface area contributed by atoms with Crippen LogP contribution in [0.2, 0.25) is 0 Å². The van der Waals surface area contributed by atoms with Crippen molar-refractivity contribution >= 4 is 17.2 Å². The van der Waals surface area contributed by atoms with E-state index in [9.17, 15) is 9.90 Å². The summed E-state index contributed by atoms with van der Waals surface area (Å²) in [6.45, 7) is 0.114. The number of nitrogens with zero attached hydrogens (tertiary/aromatic N) is 1. The second-order valence-electron chi connectivity index (χ2n) is 6.42. The molecule has 0 aromatic carbocycles. The lowest BCUT2D eigenvalue weighted by molar-refractivity contribution is -0.121. The second-order valence-corrected chi connectivity index (χ2v) is 7.28. The van der Waals surface area contributed by atoms with Gasteiger partial charge in [-0.05, 0) is 31.2 Å². The highest BCUT2D eigenvalue weighted by Gasteiger charge is 2.25. The predicted molar refractivity (Wildman–Crippen MR) is 93.7 cm³/mol. The highest BCUT2D eigenvalue weighted by Crippen LogP contribution is 2.28. The van der Waals surface area contributed by atoms with Crippen molar-refractivity contribution in [2.45, 2.75) is 51.0 Å². The summed E-state index contributed by atoms with van der Waals surface area (Å²) in [4.78, 5) is 16.9. The molecule has 0 spiro atoms. The minimum absolute atomic E-state index is 0.0110. The molecule has 2 N–H and O–H groups in total. The van der Waals surface area contributed by atoms with Gasteiger partial charge in [0.25, 0.3) is 0 Å². The SMILES string of the molecule is O=C(Cc1csc(-c2ccoc2)n1)NC(CCO)C1CCCCC1. The number of rotatable bonds is 7. The van der Waals surface area contributed by atoms with Crippen molar-refractivity contribution in [1.29, 1.82) is 0 Å². The number of hydrogen-bond acceptors (Lipinski definition) is 5. The van der Waals surface area contributed by atoms with Crippen molar-refractivity contribution < 1.29 is 14.3 Å². The third kappa shape index (κ3) is 4.45. The largest absolute Gasteiger partial charge is 0.472 e. The molecule has 1 aliphatic carbocycles. The molecule has 2 heterocycles. The molecule has 1 aliphatic rings. The number of amides is 1. The summed E-state index contributed by atoms with van der Waals surface area (Å²) in [6, 6.07) is 1.94. The van der Waals surface area contributed by atoms with Gasteiger partial charge in [-0.15, -0.1) is 11.3 Å². The van der Waals surface area contributed by atoms with Crippen LogP contribution in [0.15, 0.2) is 28.4 Å². The summed E-state index contributed by atoms with van der Waals surface area (Å²) in [5, 5.41) is 15.2. The number of aliphatic hydroxyl groups is 1. The van der Waals surface area contributed by atoms with Gasteiger partial charge >= 0.3 is 0 Å². The quantitative estimate of drug-likeness (QED) is 0.804. The summed E-state index contributed by atoms with van der Waals surface area (Å²) >= 11 is 1.52. The van der Waals surface area contributed by atoms with Crippen molar-refractivity contribution in [2.24, 2.45) is 5.92 Å². The van der Waals surface area contributed by atoms with Crippen molar-refractivity contribution in [2.75, 3.05) is 6.61 Å². The van der Waals surface area contributed by atoms with Crippen LogP contribution >= 0.6 is 11.3 Å². The van der Waals surface area contributed by atoms with Crippen LogP contribution in [0.1, 0.15) is 44.2 Å². The summed E-state index contributed by atoms with van der Waals surface area (Å²) in [7, 11) is 0. The van der Waals surface area contributed by atoms with E-state index in [1.165, 1.54) is 30.6 Å². The van der Waals surface area contributed by atoms with Gasteiger partial charge in [0.1, 0.15) is 11.3 Å². The molecule has 0 bridgehead atoms. The van der Waals surface area contributed by atoms with Gasteiger partial charge in [0, 0.05) is 23.6 Å². The standard InChI is InChI=1S/C18H24N2O3S/c21-8-6-16(13-4-2-1-3-5-13)20-17(22)10-15-12-24-18(19-15)14-7-9-23-11-14/h7,9,11-13,16,21H,1-6,8,10H2,(H,20,22). The Morgan fingerprint density at radius 2 is 2.25 bits per heavy atom. The minimum Gasteiger partial charge on any atom is -0.472 e. The molecule has 5 nitrogen and oxygen atoms in total. The van der Waals surface area contributed by atoms with Crippen LogP contribution in [0.25, 0.3) is 10.6 Å². The maximum atomic E-state index is 12.4. The van der Waals surface area contributed by atoms with E-state index >= 15 is 0 Å². The van der Waals surface area contributed by atoms with Gasteiger partial charge in [-0.25, -0.2) is 4.98 Å². The molecule has 0 saturated heterocycles. The van der Waals surface area contributed by atoms with Gasteiger partial charge in [0.05, 0.1) is 18.4 Å². The fraction of sp³-hybridized carbons (Fsp3) is 0.556. The summed E-state index contributed by atoms with van der Waals surface area (Å²) in [6.07, 6.45) is 10.2. The van der Waals surface area contributed by atoms with E-state index in [1.807, 2.05) is 11.4 Å². The third-order valence-corrected chi connectivity index (χ3v) is 5.61. The summed E-state index contributed by atoms with van der Waals surface area (Å²) in [5.41, 5.74) is 1.71. The van der Waals surface area contributed by atoms with E-state index in [4.69, 9.17) is 4.42 Å². The lowest BCUT2D eigenvalue weighted by atomic mass is 9.82. The van der Waals surface area contributed by atoms with E-state index in [-0.39, 0.29) is 25.0 Å². The van der Waals surface area contributed by atoms with Crippen LogP contribution < -0.4 is 5.32 Å². The first-order valence-corrected chi connectivity index (χ1v) is 9.51. The minimum atomic E-state index is -0.0110. The first kappa shape index (κ1) is 17.2. The molecule has 1 amide bonds. The summed E-state index contributed by atoms with van der Waals surface area (Å²) in [5.74, 6) is 0.481. The number of nitrogens with one attached hydrogen (secondary N) is 1. The summed E-state index contributed by atoms with van der Waals surface area (Å²) < 4.78 is 5.07. The average Bonchev–Trinajstić information content (AvgIpc) is 3.26. The molecule has 2 aromatic rings. The van der Waals surface area contributed by atoms with Gasteiger partial charge in [0.2, 0.25) is 5.91 Å². The number of carbonyl (C=O) groups is 1. The Hall–Kier alpha value is -1.66. The Morgan fingerprint density at radius 3 is 2.96 bits per heavy atom. The Bertz CT molecular complexity index is 632. The van der Waals surface area contributed by atoms with Crippen molar-refractivity contribution in [1.82, 2.24) is 10.3 Å². The third-order valence-electron chi connectivity index (χ3n) is 4.67. The Balaban J connectivity index is 1.57. The molecule has 3 rings (SSSR count). The number of hydrogen-bond donors (Lipinski definition) is 2. The Kier molecular flexibility index (Phi) is 6.04. The van der Waals surface area contributed by atoms with Gasteiger partial charge in [-0.3, -0.25) is 4.79 Å². The van der Waals surface area contributed by atoms with Crippen molar-refractivity contribution in [3.63, 3.8) is 0 Å². The van der Waals surface area contributed by atoms with E-state index in [1.54, 1.807) is 12.5 Å². The predicted octanol–water partition coefficient (Wildman–Crippen LogP) is 3.39. The van der Waals surface area contributed by atoms with Crippen LogP contribution in [0.3, 0.4) is 0 Å². The van der Waals surface area contributed by atoms with E-state index < -0.39 is 0 Å². The maximum Gasteiger partial charge on any atom is 0.226 e. The van der Waals surface area contributed by atoms with Gasteiger partial charge < -0.3 is 14.8 Å². The maximum absolute atomic E-state index is 12.4. The molecular weight excluding hydrogens is 324 g/mol. The first-order valence-electron chi connectivity index (χ1n) is 8.63. The number of thiazole rings is 1. The molecule has 6 heteroatoms. The zero-order valence-electron chi connectivity index (χ0n) is 13.7. The van der Waals surface area contributed by atoms with Crippen molar-refractivity contribution in [3.8, 4) is 10.6 Å². The normalized spacial score (nSPS) is 16.9. The Labute approximate surface area is 146 Å². The van der Waals surface area contributed by atoms with Crippen LogP contribution in [0.4, 0.5) is 0 Å². The number of aliphatic hydroxyl groups excluding tert-OH is 1. The fourth-order valence-corrected chi connectivity index (χ4v) is 4.24. The molecule has 2 aromatic heterocycles. The van der Waals surface area contributed by atoms with E-state index in [0.717, 1.165) is 29.1 Å². The number of carbonyl (C=O) groups excluding carboxylic acids is 1. The molecule has 1 unspecified atom stereocenters. The van der Waals surface area contributed by atoms with Gasteiger partial charge in [0.15, 0.2) is 0 Å². The fourth-order valence-electron chi connectivity index (χ4n) is 3.43. The smallest absolute Gasteiger partial charge is 0.226 e. The first-order chi connectivity index (χ1) is 11.8. The number of aromatic nitrogens is 1. The molecule has 1 fully saturated rings. The van der Waals surface area contributed by atoms with Gasteiger partial charge in [-0.2, -0.15) is 0 Å². The van der Waals surface area contributed by atoms with Crippen LogP contribution in [0, 0.1) is 5.92 Å². The molecule has 0 aliphatic heterocycles. The monoisotopic (exact) mass is 348 g/mol. The molecule has 1 atom stereocenters. The topological polar surface area (TPSA) is 75.4 Å². The van der Waals surface area contributed by atoms with Crippen LogP contribution in [0.5, 0.6) is 0 Å². The molecule has 1 saturated carbocycles. The van der Waals surface area contributed by atoms with Crippen molar-refractivity contribution in [3.05, 3.63) is 29.7 Å². The van der Waals surface area contributed by atoms with Crippen LogP contribution in [-0.4, -0.2) is 28.6 Å². The lowest BCUT2D eigenvalue weighted by Gasteiger charge is -2.30. The number of furan rings is 1. The van der Waals surface area contributed by atoms with Gasteiger partial charge in [-0.1, -0.05) is 19.3 Å². The molecular formula is C18H24N2O3S. The van der Waals surface area contributed by atoms with Crippen LogP contribution in [-0.2, 0) is 11.2 Å². The zero-order valence-corrected chi connectivity index (χ0v) is 14.6. The van der Waals surface area contributed by atoms with E-state index in [2.05, 4.69) is 10.3 Å². The molecule has 24 heavy (non-hydrogen) atoms. The highest BCUT2D eigenvalue weighted by molar-refractivity contribution is 7.13. The Morgan fingerprint density at radius 1 is 1.42 bits per heavy atom. The zero-order chi connectivity index (χ0) is 16.8. The second kappa shape index (κ2) is 8.44.